The van der Waals surface area contributed by atoms with Gasteiger partial charge in [-0.05, 0) is 45.4 Å². The average Bonchev–Trinajstić information content (AvgIpc) is 2.41. The van der Waals surface area contributed by atoms with Crippen molar-refractivity contribution in [2.75, 3.05) is 6.61 Å². The molecular weight excluding hydrogens is 198 g/mol. The molecular formula is C14H23NO. The maximum atomic E-state index is 8.75. The van der Waals surface area contributed by atoms with Crippen LogP contribution in [0.2, 0.25) is 0 Å². The molecule has 1 aliphatic heterocycles. The van der Waals surface area contributed by atoms with Gasteiger partial charge in [0.15, 0.2) is 0 Å². The minimum absolute atomic E-state index is 0.139. The Bertz CT molecular complexity index is 296. The summed E-state index contributed by atoms with van der Waals surface area (Å²) in [5.74, 6) is 1.13. The number of hydrogen-bond donors (Lipinski definition) is 0. The fraction of sp³-hybridized carbons (Fsp3) is 0.786. The second-order valence-corrected chi connectivity index (χ2v) is 5.15. The van der Waals surface area contributed by atoms with Crippen molar-refractivity contribution in [3.63, 3.8) is 0 Å². The first kappa shape index (κ1) is 13.3. The van der Waals surface area contributed by atoms with E-state index in [2.05, 4.69) is 33.8 Å². The Labute approximate surface area is 99.3 Å². The lowest BCUT2D eigenvalue weighted by Gasteiger charge is -2.21. The van der Waals surface area contributed by atoms with Gasteiger partial charge in [-0.1, -0.05) is 18.1 Å². The van der Waals surface area contributed by atoms with Crippen LogP contribution in [0.15, 0.2) is 11.1 Å². The van der Waals surface area contributed by atoms with Gasteiger partial charge in [-0.25, -0.2) is 0 Å². The van der Waals surface area contributed by atoms with E-state index >= 15 is 0 Å². The Kier molecular flexibility index (Phi) is 5.02. The summed E-state index contributed by atoms with van der Waals surface area (Å²) >= 11 is 0. The van der Waals surface area contributed by atoms with E-state index in [-0.39, 0.29) is 6.10 Å². The van der Waals surface area contributed by atoms with Crippen LogP contribution in [0.3, 0.4) is 0 Å². The molecule has 0 aliphatic carbocycles. The summed E-state index contributed by atoms with van der Waals surface area (Å²) in [6, 6.07) is 2.23. The van der Waals surface area contributed by atoms with Crippen LogP contribution in [0, 0.1) is 23.2 Å². The SMILES string of the molecule is CC(C)=C(C)[C@@H]1CCO[C@@H](CC#N)[C@H](C)C1. The number of nitrogens with zero attached hydrogens (tertiary/aromatic N) is 1. The molecule has 90 valence electrons. The zero-order valence-electron chi connectivity index (χ0n) is 10.9. The van der Waals surface area contributed by atoms with Crippen LogP contribution in [0.25, 0.3) is 0 Å². The van der Waals surface area contributed by atoms with Gasteiger partial charge in [0, 0.05) is 6.61 Å². The van der Waals surface area contributed by atoms with E-state index in [1.165, 1.54) is 11.1 Å². The van der Waals surface area contributed by atoms with Gasteiger partial charge in [0.1, 0.15) is 0 Å². The first-order chi connectivity index (χ1) is 7.56. The summed E-state index contributed by atoms with van der Waals surface area (Å²) in [4.78, 5) is 0. The number of hydrogen-bond acceptors (Lipinski definition) is 2. The van der Waals surface area contributed by atoms with E-state index in [4.69, 9.17) is 10.00 Å². The van der Waals surface area contributed by atoms with E-state index in [1.807, 2.05) is 0 Å². The smallest absolute Gasteiger partial charge is 0.0730 e. The molecule has 0 amide bonds. The lowest BCUT2D eigenvalue weighted by molar-refractivity contribution is 0.0340. The second kappa shape index (κ2) is 6.06. The third-order valence-corrected chi connectivity index (χ3v) is 3.78. The van der Waals surface area contributed by atoms with E-state index in [1.54, 1.807) is 0 Å². The van der Waals surface area contributed by atoms with Crippen LogP contribution in [0.1, 0.15) is 47.0 Å². The van der Waals surface area contributed by atoms with E-state index in [9.17, 15) is 0 Å². The summed E-state index contributed by atoms with van der Waals surface area (Å²) in [6.45, 7) is 9.60. The lowest BCUT2D eigenvalue weighted by Crippen LogP contribution is -2.20. The highest BCUT2D eigenvalue weighted by Crippen LogP contribution is 2.31. The van der Waals surface area contributed by atoms with Crippen LogP contribution in [0.4, 0.5) is 0 Å². The van der Waals surface area contributed by atoms with Gasteiger partial charge in [0.2, 0.25) is 0 Å². The van der Waals surface area contributed by atoms with Gasteiger partial charge in [-0.3, -0.25) is 0 Å². The monoisotopic (exact) mass is 221 g/mol. The van der Waals surface area contributed by atoms with Crippen molar-refractivity contribution < 1.29 is 4.74 Å². The Balaban J connectivity index is 2.69. The van der Waals surface area contributed by atoms with Gasteiger partial charge >= 0.3 is 0 Å². The highest BCUT2D eigenvalue weighted by Gasteiger charge is 2.26. The molecule has 1 fully saturated rings. The molecule has 0 spiro atoms. The predicted octanol–water partition coefficient (Wildman–Crippen LogP) is 3.69. The standard InChI is InChI=1S/C14H23NO/c1-10(2)12(4)13-6-8-16-14(5-7-15)11(3)9-13/h11,13-14H,5-6,8-9H2,1-4H3/t11-,13-,14+/m1/s1. The number of allylic oxidation sites excluding steroid dienone is 2. The maximum absolute atomic E-state index is 8.75. The molecule has 1 rings (SSSR count). The minimum Gasteiger partial charge on any atom is -0.377 e. The van der Waals surface area contributed by atoms with Crippen LogP contribution >= 0.6 is 0 Å². The van der Waals surface area contributed by atoms with Gasteiger partial charge < -0.3 is 4.74 Å². The molecule has 0 N–H and O–H groups in total. The molecule has 2 nitrogen and oxygen atoms in total. The zero-order chi connectivity index (χ0) is 12.1. The molecule has 1 saturated heterocycles. The minimum atomic E-state index is 0.139. The quantitative estimate of drug-likeness (QED) is 0.666. The van der Waals surface area contributed by atoms with Crippen molar-refractivity contribution in [1.29, 1.82) is 5.26 Å². The van der Waals surface area contributed by atoms with Crippen LogP contribution in [0.5, 0.6) is 0 Å². The molecule has 0 aromatic rings. The molecule has 1 aliphatic rings. The fourth-order valence-electron chi connectivity index (χ4n) is 2.40. The molecule has 0 unspecified atom stereocenters. The fourth-order valence-corrected chi connectivity index (χ4v) is 2.40. The van der Waals surface area contributed by atoms with Crippen molar-refractivity contribution >= 4 is 0 Å². The lowest BCUT2D eigenvalue weighted by atomic mass is 9.84. The molecule has 1 heterocycles. The van der Waals surface area contributed by atoms with Gasteiger partial charge in [-0.15, -0.1) is 0 Å². The van der Waals surface area contributed by atoms with Crippen molar-refractivity contribution in [3.05, 3.63) is 11.1 Å². The molecule has 16 heavy (non-hydrogen) atoms. The molecule has 0 aromatic carbocycles. The van der Waals surface area contributed by atoms with E-state index < -0.39 is 0 Å². The van der Waals surface area contributed by atoms with Crippen LogP contribution in [-0.4, -0.2) is 12.7 Å². The normalized spacial score (nSPS) is 30.3. The van der Waals surface area contributed by atoms with E-state index in [0.29, 0.717) is 18.3 Å². The van der Waals surface area contributed by atoms with Crippen LogP contribution < -0.4 is 0 Å². The van der Waals surface area contributed by atoms with Gasteiger partial charge in [0.05, 0.1) is 18.6 Å². The largest absolute Gasteiger partial charge is 0.377 e. The Morgan fingerprint density at radius 1 is 1.38 bits per heavy atom. The summed E-state index contributed by atoms with van der Waals surface area (Å²) in [6.07, 6.45) is 2.92. The summed E-state index contributed by atoms with van der Waals surface area (Å²) in [7, 11) is 0. The maximum Gasteiger partial charge on any atom is 0.0730 e. The number of nitriles is 1. The number of ether oxygens (including phenoxy) is 1. The Morgan fingerprint density at radius 3 is 2.62 bits per heavy atom. The van der Waals surface area contributed by atoms with Crippen molar-refractivity contribution in [1.82, 2.24) is 0 Å². The molecule has 0 saturated carbocycles. The van der Waals surface area contributed by atoms with E-state index in [0.717, 1.165) is 19.4 Å². The topological polar surface area (TPSA) is 33.0 Å². The van der Waals surface area contributed by atoms with Crippen LogP contribution in [-0.2, 0) is 4.74 Å². The van der Waals surface area contributed by atoms with Crippen molar-refractivity contribution in [2.24, 2.45) is 11.8 Å². The molecule has 3 atom stereocenters. The molecule has 2 heteroatoms. The third-order valence-electron chi connectivity index (χ3n) is 3.78. The predicted molar refractivity (Wildman–Crippen MR) is 65.9 cm³/mol. The first-order valence-corrected chi connectivity index (χ1v) is 6.18. The van der Waals surface area contributed by atoms with Gasteiger partial charge in [-0.2, -0.15) is 5.26 Å². The first-order valence-electron chi connectivity index (χ1n) is 6.18. The summed E-state index contributed by atoms with van der Waals surface area (Å²) in [5, 5.41) is 8.75. The number of rotatable bonds is 2. The highest BCUT2D eigenvalue weighted by molar-refractivity contribution is 5.11. The second-order valence-electron chi connectivity index (χ2n) is 5.15. The summed E-state index contributed by atoms with van der Waals surface area (Å²) in [5.41, 5.74) is 2.93. The third kappa shape index (κ3) is 3.35. The van der Waals surface area contributed by atoms with Gasteiger partial charge in [0.25, 0.3) is 0 Å². The zero-order valence-corrected chi connectivity index (χ0v) is 10.9. The van der Waals surface area contributed by atoms with Crippen molar-refractivity contribution in [2.45, 2.75) is 53.1 Å². The Hall–Kier alpha value is -0.810. The molecule has 0 radical (unpaired) electrons. The van der Waals surface area contributed by atoms with Crippen molar-refractivity contribution in [3.8, 4) is 6.07 Å². The molecule has 0 bridgehead atoms. The average molecular weight is 221 g/mol. The Morgan fingerprint density at radius 2 is 2.06 bits per heavy atom. The summed E-state index contributed by atoms with van der Waals surface area (Å²) < 4.78 is 5.77. The molecule has 0 aromatic heterocycles. The highest BCUT2D eigenvalue weighted by atomic mass is 16.5.